The van der Waals surface area contributed by atoms with E-state index in [1.165, 1.54) is 0 Å². The Hall–Kier alpha value is -2.20. The van der Waals surface area contributed by atoms with Gasteiger partial charge in [0.05, 0.1) is 20.6 Å². The molecular weight excluding hydrogens is 302 g/mol. The van der Waals surface area contributed by atoms with E-state index in [9.17, 15) is 4.79 Å². The van der Waals surface area contributed by atoms with Gasteiger partial charge in [-0.1, -0.05) is 17.7 Å². The summed E-state index contributed by atoms with van der Waals surface area (Å²) >= 11 is 6.06. The molecule has 2 aromatic rings. The van der Waals surface area contributed by atoms with Crippen LogP contribution in [0, 0.1) is 6.92 Å². The number of methoxy groups -OCH3 is 2. The number of anilines is 1. The van der Waals surface area contributed by atoms with Gasteiger partial charge in [-0.15, -0.1) is 0 Å². The molecule has 5 heteroatoms. The monoisotopic (exact) mass is 319 g/mol. The van der Waals surface area contributed by atoms with Gasteiger partial charge in [0, 0.05) is 16.3 Å². The lowest BCUT2D eigenvalue weighted by Crippen LogP contribution is -2.15. The zero-order valence-electron chi connectivity index (χ0n) is 12.8. The number of amides is 1. The van der Waals surface area contributed by atoms with Gasteiger partial charge in [0.25, 0.3) is 0 Å². The summed E-state index contributed by atoms with van der Waals surface area (Å²) in [6.45, 7) is 1.91. The molecule has 0 radical (unpaired) electrons. The summed E-state index contributed by atoms with van der Waals surface area (Å²) in [4.78, 5) is 12.2. The second-order valence-electron chi connectivity index (χ2n) is 4.87. The first-order valence-corrected chi connectivity index (χ1v) is 7.18. The van der Waals surface area contributed by atoms with E-state index < -0.39 is 0 Å². The summed E-state index contributed by atoms with van der Waals surface area (Å²) in [5.74, 6) is 1.19. The van der Waals surface area contributed by atoms with Gasteiger partial charge in [-0.25, -0.2) is 0 Å². The minimum atomic E-state index is -0.147. The number of aryl methyl sites for hydroxylation is 1. The Bertz CT molecular complexity index is 686. The number of ether oxygens (including phenoxy) is 2. The van der Waals surface area contributed by atoms with Crippen molar-refractivity contribution in [1.29, 1.82) is 0 Å². The van der Waals surface area contributed by atoms with Gasteiger partial charge in [-0.3, -0.25) is 4.79 Å². The van der Waals surface area contributed by atoms with Gasteiger partial charge in [0.15, 0.2) is 0 Å². The summed E-state index contributed by atoms with van der Waals surface area (Å²) in [7, 11) is 3.16. The number of carbonyl (C=O) groups is 1. The lowest BCUT2D eigenvalue weighted by Gasteiger charge is -2.11. The average molecular weight is 320 g/mol. The van der Waals surface area contributed by atoms with E-state index in [0.29, 0.717) is 22.2 Å². The van der Waals surface area contributed by atoms with Crippen molar-refractivity contribution in [2.45, 2.75) is 13.3 Å². The molecule has 0 spiro atoms. The Morgan fingerprint density at radius 2 is 1.91 bits per heavy atom. The van der Waals surface area contributed by atoms with Crippen molar-refractivity contribution in [2.24, 2.45) is 0 Å². The Morgan fingerprint density at radius 3 is 2.55 bits per heavy atom. The number of hydrogen-bond donors (Lipinski definition) is 1. The van der Waals surface area contributed by atoms with Crippen LogP contribution in [0.25, 0.3) is 0 Å². The molecule has 4 nitrogen and oxygen atoms in total. The quantitative estimate of drug-likeness (QED) is 0.910. The Morgan fingerprint density at radius 1 is 1.14 bits per heavy atom. The predicted molar refractivity (Wildman–Crippen MR) is 88.1 cm³/mol. The molecule has 2 rings (SSSR count). The van der Waals surface area contributed by atoms with Crippen LogP contribution in [-0.4, -0.2) is 20.1 Å². The first kappa shape index (κ1) is 16.2. The molecule has 22 heavy (non-hydrogen) atoms. The van der Waals surface area contributed by atoms with Crippen LogP contribution in [-0.2, 0) is 11.2 Å². The normalized spacial score (nSPS) is 10.2. The van der Waals surface area contributed by atoms with Crippen molar-refractivity contribution in [2.75, 3.05) is 19.5 Å². The lowest BCUT2D eigenvalue weighted by atomic mass is 10.1. The highest BCUT2D eigenvalue weighted by atomic mass is 35.5. The maximum atomic E-state index is 12.2. The molecule has 0 aliphatic heterocycles. The van der Waals surface area contributed by atoms with Gasteiger partial charge in [-0.05, 0) is 42.8 Å². The third-order valence-corrected chi connectivity index (χ3v) is 3.70. The molecule has 0 aliphatic carbocycles. The molecule has 0 unspecified atom stereocenters. The second-order valence-corrected chi connectivity index (χ2v) is 5.27. The van der Waals surface area contributed by atoms with E-state index in [2.05, 4.69) is 5.32 Å². The molecular formula is C17H18ClNO3. The molecule has 0 heterocycles. The molecule has 0 atom stereocenters. The minimum Gasteiger partial charge on any atom is -0.497 e. The van der Waals surface area contributed by atoms with Crippen LogP contribution in [0.15, 0.2) is 36.4 Å². The number of rotatable bonds is 5. The first-order valence-electron chi connectivity index (χ1n) is 6.80. The van der Waals surface area contributed by atoms with Crippen LogP contribution in [0.4, 0.5) is 5.69 Å². The maximum Gasteiger partial charge on any atom is 0.228 e. The molecule has 1 amide bonds. The zero-order chi connectivity index (χ0) is 16.1. The summed E-state index contributed by atoms with van der Waals surface area (Å²) in [6, 6.07) is 10.8. The van der Waals surface area contributed by atoms with Crippen molar-refractivity contribution < 1.29 is 14.3 Å². The number of hydrogen-bond acceptors (Lipinski definition) is 3. The summed E-state index contributed by atoms with van der Waals surface area (Å²) in [5, 5.41) is 3.45. The molecule has 1 N–H and O–H groups in total. The average Bonchev–Trinajstić information content (AvgIpc) is 2.50. The van der Waals surface area contributed by atoms with E-state index in [-0.39, 0.29) is 12.3 Å². The molecule has 0 bridgehead atoms. The maximum absolute atomic E-state index is 12.2. The highest BCUT2D eigenvalue weighted by Crippen LogP contribution is 2.25. The van der Waals surface area contributed by atoms with Crippen molar-refractivity contribution in [3.8, 4) is 11.5 Å². The van der Waals surface area contributed by atoms with E-state index in [1.54, 1.807) is 38.5 Å². The van der Waals surface area contributed by atoms with E-state index >= 15 is 0 Å². The molecule has 116 valence electrons. The van der Waals surface area contributed by atoms with Crippen molar-refractivity contribution in [3.05, 3.63) is 52.5 Å². The SMILES string of the molecule is COc1ccc(OC)c(CC(=O)Nc2ccc(C)c(Cl)c2)c1. The number of nitrogens with one attached hydrogen (secondary N) is 1. The molecule has 0 aromatic heterocycles. The first-order chi connectivity index (χ1) is 10.5. The van der Waals surface area contributed by atoms with Crippen LogP contribution in [0.5, 0.6) is 11.5 Å². The Kier molecular flexibility index (Phi) is 5.28. The van der Waals surface area contributed by atoms with Crippen molar-refractivity contribution >= 4 is 23.2 Å². The molecule has 2 aromatic carbocycles. The van der Waals surface area contributed by atoms with Gasteiger partial charge < -0.3 is 14.8 Å². The van der Waals surface area contributed by atoms with Gasteiger partial charge in [-0.2, -0.15) is 0 Å². The third kappa shape index (κ3) is 3.92. The van der Waals surface area contributed by atoms with Crippen LogP contribution in [0.3, 0.4) is 0 Å². The molecule has 0 saturated heterocycles. The molecule has 0 fully saturated rings. The summed E-state index contributed by atoms with van der Waals surface area (Å²) in [6.07, 6.45) is 0.186. The van der Waals surface area contributed by atoms with Gasteiger partial charge in [0.1, 0.15) is 11.5 Å². The van der Waals surface area contributed by atoms with Crippen molar-refractivity contribution in [1.82, 2.24) is 0 Å². The lowest BCUT2D eigenvalue weighted by molar-refractivity contribution is -0.115. The fourth-order valence-electron chi connectivity index (χ4n) is 2.07. The molecule has 0 saturated carbocycles. The number of carbonyl (C=O) groups excluding carboxylic acids is 1. The van der Waals surface area contributed by atoms with Gasteiger partial charge >= 0.3 is 0 Å². The highest BCUT2D eigenvalue weighted by Gasteiger charge is 2.11. The zero-order valence-corrected chi connectivity index (χ0v) is 13.5. The third-order valence-electron chi connectivity index (χ3n) is 3.29. The summed E-state index contributed by atoms with van der Waals surface area (Å²) < 4.78 is 10.5. The fraction of sp³-hybridized carbons (Fsp3) is 0.235. The fourth-order valence-corrected chi connectivity index (χ4v) is 2.25. The smallest absolute Gasteiger partial charge is 0.228 e. The van der Waals surface area contributed by atoms with Crippen LogP contribution in [0.1, 0.15) is 11.1 Å². The topological polar surface area (TPSA) is 47.6 Å². The predicted octanol–water partition coefficient (Wildman–Crippen LogP) is 3.85. The van der Waals surface area contributed by atoms with Crippen LogP contribution in [0.2, 0.25) is 5.02 Å². The van der Waals surface area contributed by atoms with Crippen molar-refractivity contribution in [3.63, 3.8) is 0 Å². The largest absolute Gasteiger partial charge is 0.497 e. The Balaban J connectivity index is 2.12. The number of halogens is 1. The van der Waals surface area contributed by atoms with Crippen LogP contribution >= 0.6 is 11.6 Å². The van der Waals surface area contributed by atoms with Gasteiger partial charge in [0.2, 0.25) is 5.91 Å². The highest BCUT2D eigenvalue weighted by molar-refractivity contribution is 6.31. The van der Waals surface area contributed by atoms with Crippen LogP contribution < -0.4 is 14.8 Å². The minimum absolute atomic E-state index is 0.147. The van der Waals surface area contributed by atoms with E-state index in [1.807, 2.05) is 19.1 Å². The Labute approximate surface area is 135 Å². The van der Waals surface area contributed by atoms with E-state index in [0.717, 1.165) is 11.1 Å². The van der Waals surface area contributed by atoms with E-state index in [4.69, 9.17) is 21.1 Å². The second kappa shape index (κ2) is 7.18. The summed E-state index contributed by atoms with van der Waals surface area (Å²) in [5.41, 5.74) is 2.40. The number of benzene rings is 2. The standard InChI is InChI=1S/C17H18ClNO3/c1-11-4-5-13(10-15(11)18)19-17(20)9-12-8-14(21-2)6-7-16(12)22-3/h4-8,10H,9H2,1-3H3,(H,19,20). The molecule has 0 aliphatic rings.